The summed E-state index contributed by atoms with van der Waals surface area (Å²) in [7, 11) is 0. The molecule has 0 radical (unpaired) electrons. The van der Waals surface area contributed by atoms with Crippen molar-refractivity contribution in [1.29, 1.82) is 0 Å². The van der Waals surface area contributed by atoms with Crippen molar-refractivity contribution in [2.45, 2.75) is 57.7 Å². The second-order valence-electron chi connectivity index (χ2n) is 9.33. The van der Waals surface area contributed by atoms with E-state index in [-0.39, 0.29) is 12.0 Å². The fourth-order valence-corrected chi connectivity index (χ4v) is 6.34. The quantitative estimate of drug-likeness (QED) is 0.886. The van der Waals surface area contributed by atoms with E-state index in [2.05, 4.69) is 27.3 Å². The van der Waals surface area contributed by atoms with E-state index in [0.29, 0.717) is 31.0 Å². The minimum absolute atomic E-state index is 0.106. The molecule has 4 saturated carbocycles. The van der Waals surface area contributed by atoms with Gasteiger partial charge in [0.15, 0.2) is 0 Å². The van der Waals surface area contributed by atoms with Crippen molar-refractivity contribution >= 4 is 5.91 Å². The van der Waals surface area contributed by atoms with Gasteiger partial charge in [-0.2, -0.15) is 0 Å². The van der Waals surface area contributed by atoms with Crippen molar-refractivity contribution in [2.75, 3.05) is 19.7 Å². The molecule has 2 heterocycles. The van der Waals surface area contributed by atoms with Gasteiger partial charge in [-0.05, 0) is 74.8 Å². The van der Waals surface area contributed by atoms with Crippen LogP contribution in [0, 0.1) is 30.6 Å². The smallest absolute Gasteiger partial charge is 0.250 e. The predicted molar refractivity (Wildman–Crippen MR) is 103 cm³/mol. The summed E-state index contributed by atoms with van der Waals surface area (Å²) in [5.74, 6) is 3.39. The second kappa shape index (κ2) is 7.17. The minimum Gasteiger partial charge on any atom is -0.366 e. The summed E-state index contributed by atoms with van der Waals surface area (Å²) in [4.78, 5) is 19.9. The van der Waals surface area contributed by atoms with Crippen molar-refractivity contribution in [1.82, 2.24) is 15.2 Å². The van der Waals surface area contributed by atoms with Crippen molar-refractivity contribution in [3.05, 3.63) is 29.6 Å². The minimum atomic E-state index is -0.347. The highest BCUT2D eigenvalue weighted by Crippen LogP contribution is 2.53. The van der Waals surface area contributed by atoms with E-state index in [1.165, 1.54) is 32.1 Å². The van der Waals surface area contributed by atoms with E-state index in [4.69, 9.17) is 4.74 Å². The van der Waals surface area contributed by atoms with Crippen LogP contribution in [0.5, 0.6) is 0 Å². The molecule has 5 aliphatic rings. The molecular formula is C22H31N3O2. The normalized spacial score (nSPS) is 38.1. The van der Waals surface area contributed by atoms with Crippen molar-refractivity contribution < 1.29 is 9.53 Å². The van der Waals surface area contributed by atoms with Crippen LogP contribution in [0.3, 0.4) is 0 Å². The number of rotatable bonds is 4. The first-order chi connectivity index (χ1) is 13.1. The first-order valence-corrected chi connectivity index (χ1v) is 10.7. The fourth-order valence-electron chi connectivity index (χ4n) is 6.34. The van der Waals surface area contributed by atoms with Crippen LogP contribution < -0.4 is 5.32 Å². The van der Waals surface area contributed by atoms with Crippen LogP contribution in [0.25, 0.3) is 0 Å². The Bertz CT molecular complexity index is 679. The van der Waals surface area contributed by atoms with Gasteiger partial charge in [-0.25, -0.2) is 0 Å². The number of morpholine rings is 1. The zero-order chi connectivity index (χ0) is 18.4. The SMILES string of the molecule is Cc1cccc(CN2CCOC(C(=O)NC3C4CC5CC(C4)CC3C5)C2)n1. The predicted octanol–water partition coefficient (Wildman–Crippen LogP) is 2.53. The zero-order valence-electron chi connectivity index (χ0n) is 16.3. The lowest BCUT2D eigenvalue weighted by Gasteiger charge is -2.54. The Morgan fingerprint density at radius 2 is 1.93 bits per heavy atom. The number of nitrogens with one attached hydrogen (secondary N) is 1. The third-order valence-electron chi connectivity index (χ3n) is 7.31. The van der Waals surface area contributed by atoms with Crippen LogP contribution in [0.4, 0.5) is 0 Å². The Morgan fingerprint density at radius 1 is 1.19 bits per heavy atom. The summed E-state index contributed by atoms with van der Waals surface area (Å²) in [6.45, 7) is 4.94. The monoisotopic (exact) mass is 369 g/mol. The number of carbonyl (C=O) groups is 1. The summed E-state index contributed by atoms with van der Waals surface area (Å²) in [6.07, 6.45) is 6.41. The van der Waals surface area contributed by atoms with E-state index in [0.717, 1.165) is 36.3 Å². The molecular weight excluding hydrogens is 338 g/mol. The molecule has 4 bridgehead atoms. The number of amides is 1. The van der Waals surface area contributed by atoms with E-state index in [9.17, 15) is 4.79 Å². The molecule has 1 aliphatic heterocycles. The van der Waals surface area contributed by atoms with Gasteiger partial charge in [0.1, 0.15) is 6.10 Å². The van der Waals surface area contributed by atoms with Crippen LogP contribution >= 0.6 is 0 Å². The van der Waals surface area contributed by atoms with Gasteiger partial charge < -0.3 is 10.1 Å². The van der Waals surface area contributed by atoms with Gasteiger partial charge in [0.05, 0.1) is 12.3 Å². The molecule has 1 atom stereocenters. The average Bonchev–Trinajstić information content (AvgIpc) is 2.64. The first kappa shape index (κ1) is 17.6. The highest BCUT2D eigenvalue weighted by molar-refractivity contribution is 5.81. The molecule has 1 saturated heterocycles. The summed E-state index contributed by atoms with van der Waals surface area (Å²) in [5.41, 5.74) is 2.11. The molecule has 0 spiro atoms. The molecule has 1 amide bonds. The van der Waals surface area contributed by atoms with Crippen LogP contribution in [-0.2, 0) is 16.1 Å². The highest BCUT2D eigenvalue weighted by atomic mass is 16.5. The van der Waals surface area contributed by atoms with E-state index < -0.39 is 0 Å². The standard InChI is InChI=1S/C22H31N3O2/c1-14-3-2-4-19(23-14)12-25-5-6-27-20(13-25)22(26)24-21-17-8-15-7-16(10-17)11-18(21)9-15/h2-4,15-18,20-21H,5-13H2,1H3,(H,24,26). The molecule has 4 aliphatic carbocycles. The molecule has 1 unspecified atom stereocenters. The third kappa shape index (κ3) is 3.64. The van der Waals surface area contributed by atoms with Gasteiger partial charge in [0.2, 0.25) is 0 Å². The van der Waals surface area contributed by atoms with E-state index >= 15 is 0 Å². The lowest BCUT2D eigenvalue weighted by atomic mass is 9.54. The Kier molecular flexibility index (Phi) is 4.68. The largest absolute Gasteiger partial charge is 0.366 e. The number of hydrogen-bond donors (Lipinski definition) is 1. The Labute approximate surface area is 161 Å². The third-order valence-corrected chi connectivity index (χ3v) is 7.31. The number of hydrogen-bond acceptors (Lipinski definition) is 4. The average molecular weight is 370 g/mol. The molecule has 1 N–H and O–H groups in total. The first-order valence-electron chi connectivity index (χ1n) is 10.7. The lowest BCUT2D eigenvalue weighted by Crippen LogP contribution is -2.59. The maximum atomic E-state index is 13.0. The Balaban J connectivity index is 1.19. The van der Waals surface area contributed by atoms with Crippen LogP contribution in [-0.4, -0.2) is 47.6 Å². The maximum absolute atomic E-state index is 13.0. The number of ether oxygens (including phenoxy) is 1. The maximum Gasteiger partial charge on any atom is 0.250 e. The summed E-state index contributed by atoms with van der Waals surface area (Å²) in [5, 5.41) is 3.42. The second-order valence-corrected chi connectivity index (χ2v) is 9.33. The van der Waals surface area contributed by atoms with Gasteiger partial charge in [-0.3, -0.25) is 14.7 Å². The molecule has 1 aromatic heterocycles. The molecule has 5 heteroatoms. The molecule has 0 aromatic carbocycles. The van der Waals surface area contributed by atoms with Crippen LogP contribution in [0.1, 0.15) is 43.5 Å². The van der Waals surface area contributed by atoms with Crippen molar-refractivity contribution in [3.63, 3.8) is 0 Å². The van der Waals surface area contributed by atoms with E-state index in [1.807, 2.05) is 13.0 Å². The molecule has 6 rings (SSSR count). The van der Waals surface area contributed by atoms with Gasteiger partial charge in [0, 0.05) is 31.4 Å². The Morgan fingerprint density at radius 3 is 2.63 bits per heavy atom. The number of aryl methyl sites for hydroxylation is 1. The van der Waals surface area contributed by atoms with Gasteiger partial charge in [-0.15, -0.1) is 0 Å². The summed E-state index contributed by atoms with van der Waals surface area (Å²) < 4.78 is 5.85. The van der Waals surface area contributed by atoms with Crippen LogP contribution in [0.15, 0.2) is 18.2 Å². The van der Waals surface area contributed by atoms with Crippen molar-refractivity contribution in [2.24, 2.45) is 23.7 Å². The molecule has 1 aromatic rings. The van der Waals surface area contributed by atoms with E-state index in [1.54, 1.807) is 0 Å². The number of nitrogens with zero attached hydrogens (tertiary/aromatic N) is 2. The summed E-state index contributed by atoms with van der Waals surface area (Å²) in [6, 6.07) is 6.52. The lowest BCUT2D eigenvalue weighted by molar-refractivity contribution is -0.142. The number of pyridine rings is 1. The zero-order valence-corrected chi connectivity index (χ0v) is 16.3. The van der Waals surface area contributed by atoms with Crippen molar-refractivity contribution in [3.8, 4) is 0 Å². The van der Waals surface area contributed by atoms with Gasteiger partial charge >= 0.3 is 0 Å². The molecule has 5 fully saturated rings. The molecule has 146 valence electrons. The van der Waals surface area contributed by atoms with Crippen LogP contribution in [0.2, 0.25) is 0 Å². The van der Waals surface area contributed by atoms with Gasteiger partial charge in [0.25, 0.3) is 5.91 Å². The highest BCUT2D eigenvalue weighted by Gasteiger charge is 2.49. The number of carbonyl (C=O) groups excluding carboxylic acids is 1. The molecule has 27 heavy (non-hydrogen) atoms. The summed E-state index contributed by atoms with van der Waals surface area (Å²) >= 11 is 0. The fraction of sp³-hybridized carbons (Fsp3) is 0.727. The number of aromatic nitrogens is 1. The molecule has 5 nitrogen and oxygen atoms in total. The van der Waals surface area contributed by atoms with Gasteiger partial charge in [-0.1, -0.05) is 6.07 Å². The topological polar surface area (TPSA) is 54.5 Å². The Hall–Kier alpha value is -1.46.